The SMILES string of the molecule is CCOc1nc2cccc(C(=O)OCON[N+](=O)N3CCC[C@H]3CO)c2n1Cc1ccc(-c2ccccc2-c2nn[nH]n2)cc1. The first kappa shape index (κ1) is 29.7. The zero-order valence-corrected chi connectivity index (χ0v) is 24.5. The van der Waals surface area contributed by atoms with Crippen molar-refractivity contribution in [3.8, 4) is 28.5 Å². The molecule has 5 aromatic rings. The number of imidazole rings is 1. The molecule has 1 fully saturated rings. The van der Waals surface area contributed by atoms with Gasteiger partial charge in [-0.05, 0) is 53.8 Å². The standard InChI is InChI=1S/C30H32N9O6/c1-2-43-30-31-26-11-5-10-25(29(41)44-19-45-36-39(42)38-16-6-7-22(38)18-40)27(26)37(30)17-20-12-14-21(15-13-20)23-8-3-4-9-24(23)28-32-34-35-33-28/h3-5,8-15,22,40H,2,6-7,16-19H2,1H3,(H,36,42)(H,32,33,34,35)/q+1/t22-/m0/s1. The number of carbonyl (C=O) groups excluding carboxylic acids is 1. The van der Waals surface area contributed by atoms with E-state index in [1.54, 1.807) is 18.2 Å². The Kier molecular flexibility index (Phi) is 8.89. The number of tetrazole rings is 1. The molecule has 0 amide bonds. The molecule has 15 heteroatoms. The van der Waals surface area contributed by atoms with Gasteiger partial charge in [0.1, 0.15) is 6.04 Å². The van der Waals surface area contributed by atoms with Gasteiger partial charge in [0.25, 0.3) is 11.0 Å². The van der Waals surface area contributed by atoms with Crippen LogP contribution in [0.5, 0.6) is 6.01 Å². The molecule has 0 spiro atoms. The van der Waals surface area contributed by atoms with Crippen LogP contribution in [0.2, 0.25) is 0 Å². The van der Waals surface area contributed by atoms with E-state index in [1.807, 2.05) is 60.0 Å². The molecule has 1 atom stereocenters. The van der Waals surface area contributed by atoms with Crippen molar-refractivity contribution < 1.29 is 29.2 Å². The van der Waals surface area contributed by atoms with Gasteiger partial charge in [-0.25, -0.2) is 4.79 Å². The topological polar surface area (TPSA) is 173 Å². The van der Waals surface area contributed by atoms with Gasteiger partial charge in [0.2, 0.25) is 12.6 Å². The maximum atomic E-state index is 13.2. The highest BCUT2D eigenvalue weighted by molar-refractivity contribution is 6.02. The number of nitrogens with one attached hydrogen (secondary N) is 2. The molecule has 232 valence electrons. The maximum absolute atomic E-state index is 13.2. The fraction of sp³-hybridized carbons (Fsp3) is 0.300. The lowest BCUT2D eigenvalue weighted by Gasteiger charge is -2.14. The minimum Gasteiger partial charge on any atom is -0.465 e. The minimum atomic E-state index is -0.660. The molecule has 0 bridgehead atoms. The maximum Gasteiger partial charge on any atom is 0.342 e. The number of aromatic amines is 1. The largest absolute Gasteiger partial charge is 0.465 e. The van der Waals surface area contributed by atoms with Crippen LogP contribution in [0.3, 0.4) is 0 Å². The molecule has 1 aliphatic heterocycles. The Hall–Kier alpha value is -5.41. The molecule has 1 aliphatic rings. The first-order valence-electron chi connectivity index (χ1n) is 14.5. The van der Waals surface area contributed by atoms with Gasteiger partial charge in [0, 0.05) is 11.2 Å². The highest BCUT2D eigenvalue weighted by atomic mass is 16.8. The number of aliphatic hydroxyl groups excluding tert-OH is 1. The number of hydrazine groups is 2. The Balaban J connectivity index is 1.19. The number of ether oxygens (including phenoxy) is 2. The van der Waals surface area contributed by atoms with E-state index in [0.29, 0.717) is 54.0 Å². The molecule has 3 N–H and O–H groups in total. The second kappa shape index (κ2) is 13.5. The van der Waals surface area contributed by atoms with Crippen molar-refractivity contribution in [2.24, 2.45) is 0 Å². The number of carbonyl (C=O) groups is 1. The first-order chi connectivity index (χ1) is 22.1. The van der Waals surface area contributed by atoms with Gasteiger partial charge in [-0.15, -0.1) is 15.2 Å². The Morgan fingerprint density at radius 1 is 1.11 bits per heavy atom. The normalized spacial score (nSPS) is 14.5. The number of benzene rings is 3. The van der Waals surface area contributed by atoms with Gasteiger partial charge < -0.3 is 14.6 Å². The van der Waals surface area contributed by atoms with Crippen LogP contribution in [0, 0.1) is 4.91 Å². The summed E-state index contributed by atoms with van der Waals surface area (Å²) in [5.41, 5.74) is 7.30. The lowest BCUT2D eigenvalue weighted by molar-refractivity contribution is -0.793. The van der Waals surface area contributed by atoms with Crippen LogP contribution < -0.4 is 10.3 Å². The average molecular weight is 615 g/mol. The van der Waals surface area contributed by atoms with Crippen molar-refractivity contribution in [3.05, 3.63) is 82.8 Å². The van der Waals surface area contributed by atoms with Gasteiger partial charge in [0.15, 0.2) is 0 Å². The molecule has 45 heavy (non-hydrogen) atoms. The molecule has 2 aromatic heterocycles. The van der Waals surface area contributed by atoms with Gasteiger partial charge >= 0.3 is 5.97 Å². The zero-order valence-electron chi connectivity index (χ0n) is 24.5. The highest BCUT2D eigenvalue weighted by Crippen LogP contribution is 2.31. The van der Waals surface area contributed by atoms with Gasteiger partial charge in [-0.2, -0.15) is 15.0 Å². The van der Waals surface area contributed by atoms with E-state index >= 15 is 0 Å². The quantitative estimate of drug-likeness (QED) is 0.0583. The third kappa shape index (κ3) is 6.30. The summed E-state index contributed by atoms with van der Waals surface area (Å²) in [5, 5.41) is 25.3. The summed E-state index contributed by atoms with van der Waals surface area (Å²) < 4.78 is 13.0. The van der Waals surface area contributed by atoms with E-state index in [4.69, 9.17) is 14.3 Å². The summed E-state index contributed by atoms with van der Waals surface area (Å²) in [6.07, 6.45) is 1.48. The number of nitrogens with zero attached hydrogens (tertiary/aromatic N) is 7. The third-order valence-electron chi connectivity index (χ3n) is 7.53. The summed E-state index contributed by atoms with van der Waals surface area (Å²) in [5.74, 6) is -0.152. The molecule has 15 nitrogen and oxygen atoms in total. The van der Waals surface area contributed by atoms with E-state index in [2.05, 4.69) is 31.2 Å². The second-order valence-electron chi connectivity index (χ2n) is 10.3. The molecule has 0 unspecified atom stereocenters. The number of rotatable bonds is 13. The molecule has 6 rings (SSSR count). The van der Waals surface area contributed by atoms with Crippen molar-refractivity contribution in [1.29, 1.82) is 0 Å². The molecular weight excluding hydrogens is 582 g/mol. The average Bonchev–Trinajstić information content (AvgIpc) is 3.84. The van der Waals surface area contributed by atoms with Crippen LogP contribution in [0.25, 0.3) is 33.5 Å². The Morgan fingerprint density at radius 2 is 1.93 bits per heavy atom. The molecule has 0 aliphatic carbocycles. The molecular formula is C30H32N9O6+. The number of aliphatic hydroxyl groups is 1. The summed E-state index contributed by atoms with van der Waals surface area (Å²) >= 11 is 0. The van der Waals surface area contributed by atoms with Crippen molar-refractivity contribution >= 4 is 17.0 Å². The molecule has 0 radical (unpaired) electrons. The second-order valence-corrected chi connectivity index (χ2v) is 10.3. The smallest absolute Gasteiger partial charge is 0.342 e. The van der Waals surface area contributed by atoms with Crippen molar-refractivity contribution in [1.82, 2.24) is 40.8 Å². The zero-order chi connectivity index (χ0) is 31.2. The van der Waals surface area contributed by atoms with Crippen LogP contribution in [0.1, 0.15) is 35.7 Å². The predicted molar refractivity (Wildman–Crippen MR) is 160 cm³/mol. The van der Waals surface area contributed by atoms with Crippen LogP contribution in [0.15, 0.2) is 66.7 Å². The number of H-pyrrole nitrogens is 1. The molecule has 1 saturated heterocycles. The fourth-order valence-electron chi connectivity index (χ4n) is 5.43. The Morgan fingerprint density at radius 3 is 2.69 bits per heavy atom. The van der Waals surface area contributed by atoms with Crippen molar-refractivity contribution in [2.45, 2.75) is 32.4 Å². The highest BCUT2D eigenvalue weighted by Gasteiger charge is 2.35. The monoisotopic (exact) mass is 614 g/mol. The van der Waals surface area contributed by atoms with E-state index in [1.165, 1.54) is 5.01 Å². The van der Waals surface area contributed by atoms with Crippen molar-refractivity contribution in [3.63, 3.8) is 0 Å². The first-order valence-corrected chi connectivity index (χ1v) is 14.5. The van der Waals surface area contributed by atoms with E-state index in [9.17, 15) is 14.8 Å². The summed E-state index contributed by atoms with van der Waals surface area (Å²) in [6.45, 7) is 2.43. The van der Waals surface area contributed by atoms with E-state index in [0.717, 1.165) is 28.7 Å². The molecule has 3 heterocycles. The predicted octanol–water partition coefficient (Wildman–Crippen LogP) is 3.03. The van der Waals surface area contributed by atoms with E-state index < -0.39 is 12.8 Å². The van der Waals surface area contributed by atoms with Crippen LogP contribution in [-0.4, -0.2) is 83.8 Å². The van der Waals surface area contributed by atoms with Gasteiger partial charge in [-0.3, -0.25) is 4.57 Å². The number of hydrogen-bond donors (Lipinski definition) is 3. The molecule has 0 saturated carbocycles. The van der Waals surface area contributed by atoms with Crippen LogP contribution >= 0.6 is 0 Å². The number of hydrogen-bond acceptors (Lipinski definition) is 10. The Labute approximate surface area is 257 Å². The minimum absolute atomic E-state index is 0.142. The number of esters is 1. The van der Waals surface area contributed by atoms with Crippen LogP contribution in [0.4, 0.5) is 0 Å². The lowest BCUT2D eigenvalue weighted by atomic mass is 9.98. The van der Waals surface area contributed by atoms with Gasteiger partial charge in [0.05, 0.1) is 47.8 Å². The fourth-order valence-corrected chi connectivity index (χ4v) is 5.43. The van der Waals surface area contributed by atoms with Crippen molar-refractivity contribution in [2.75, 3.05) is 26.6 Å². The third-order valence-corrected chi connectivity index (χ3v) is 7.53. The van der Waals surface area contributed by atoms with E-state index in [-0.39, 0.29) is 18.2 Å². The number of aromatic nitrogens is 6. The Bertz CT molecular complexity index is 1770. The summed E-state index contributed by atoms with van der Waals surface area (Å²) in [6, 6.07) is 21.1. The van der Waals surface area contributed by atoms with Crippen LogP contribution in [-0.2, 0) is 16.1 Å². The molecule has 3 aromatic carbocycles. The summed E-state index contributed by atoms with van der Waals surface area (Å²) in [7, 11) is 0. The number of fused-ring (bicyclic) bond motifs is 1. The summed E-state index contributed by atoms with van der Waals surface area (Å²) in [4.78, 5) is 35.6. The number of para-hydroxylation sites is 1. The van der Waals surface area contributed by atoms with Gasteiger partial charge in [-0.1, -0.05) is 54.6 Å². The number of nitroso groups, excluding NO2 is 1. The lowest BCUT2D eigenvalue weighted by Crippen LogP contribution is -2.46.